The lowest BCUT2D eigenvalue weighted by Gasteiger charge is -2.26. The van der Waals surface area contributed by atoms with Gasteiger partial charge in [-0.2, -0.15) is 4.98 Å². The predicted octanol–water partition coefficient (Wildman–Crippen LogP) is 4.45. The summed E-state index contributed by atoms with van der Waals surface area (Å²) in [5, 5.41) is 4.34. The van der Waals surface area contributed by atoms with Crippen LogP contribution in [0.2, 0.25) is 0 Å². The molecule has 1 saturated carbocycles. The predicted molar refractivity (Wildman–Crippen MR) is 152 cm³/mol. The van der Waals surface area contributed by atoms with Crippen molar-refractivity contribution in [1.29, 1.82) is 0 Å². The lowest BCUT2D eigenvalue weighted by molar-refractivity contribution is 0.398. The van der Waals surface area contributed by atoms with E-state index in [4.69, 9.17) is 15.5 Å². The van der Waals surface area contributed by atoms with E-state index in [0.29, 0.717) is 23.2 Å². The number of fused-ring (bicyclic) bond motifs is 1. The van der Waals surface area contributed by atoms with Gasteiger partial charge in [0, 0.05) is 29.2 Å². The molecule has 0 bridgehead atoms. The van der Waals surface area contributed by atoms with Gasteiger partial charge in [0.1, 0.15) is 5.69 Å². The van der Waals surface area contributed by atoms with E-state index < -0.39 is 10.0 Å². The molecule has 2 aromatic carbocycles. The highest BCUT2D eigenvalue weighted by Crippen LogP contribution is 2.32. The van der Waals surface area contributed by atoms with Crippen LogP contribution in [0.4, 0.5) is 11.8 Å². The highest BCUT2D eigenvalue weighted by Gasteiger charge is 2.21. The van der Waals surface area contributed by atoms with Crippen molar-refractivity contribution in [1.82, 2.24) is 19.9 Å². The Labute approximate surface area is 228 Å². The zero-order chi connectivity index (χ0) is 27.6. The molecular weight excluding hydrogens is 514 g/mol. The molecule has 0 atom stereocenters. The minimum atomic E-state index is -3.84. The van der Waals surface area contributed by atoms with Crippen molar-refractivity contribution >= 4 is 32.7 Å². The summed E-state index contributed by atoms with van der Waals surface area (Å²) >= 11 is 0. The second-order valence-electron chi connectivity index (χ2n) is 9.86. The molecule has 2 heterocycles. The van der Waals surface area contributed by atoms with E-state index in [0.717, 1.165) is 54.1 Å². The lowest BCUT2D eigenvalue weighted by atomic mass is 9.92. The molecule has 204 valence electrons. The normalized spacial score (nSPS) is 17.6. The van der Waals surface area contributed by atoms with Crippen LogP contribution in [0.25, 0.3) is 22.2 Å². The summed E-state index contributed by atoms with van der Waals surface area (Å²) < 4.78 is 33.9. The Hall–Kier alpha value is -3.83. The van der Waals surface area contributed by atoms with Crippen molar-refractivity contribution in [2.45, 2.75) is 62.9 Å². The molecule has 1 aliphatic carbocycles. The summed E-state index contributed by atoms with van der Waals surface area (Å²) in [7, 11) is -2.36. The number of nitrogens with one attached hydrogen (secondary N) is 2. The molecule has 0 radical (unpaired) electrons. The van der Waals surface area contributed by atoms with E-state index in [1.807, 2.05) is 18.3 Å². The Kier molecular flexibility index (Phi) is 7.62. The fourth-order valence-electron chi connectivity index (χ4n) is 4.95. The Morgan fingerprint density at radius 1 is 1.05 bits per heavy atom. The molecule has 1 fully saturated rings. The van der Waals surface area contributed by atoms with E-state index >= 15 is 0 Å². The van der Waals surface area contributed by atoms with E-state index in [2.05, 4.69) is 31.9 Å². The molecule has 10 nitrogen and oxygen atoms in total. The summed E-state index contributed by atoms with van der Waals surface area (Å²) in [5.74, 6) is 0.891. The van der Waals surface area contributed by atoms with E-state index in [-0.39, 0.29) is 22.6 Å². The summed E-state index contributed by atoms with van der Waals surface area (Å²) in [6.07, 6.45) is 7.99. The third kappa shape index (κ3) is 5.79. The van der Waals surface area contributed by atoms with Crippen LogP contribution in [-0.4, -0.2) is 47.5 Å². The monoisotopic (exact) mass is 547 g/mol. The van der Waals surface area contributed by atoms with Crippen LogP contribution in [0, 0.1) is 6.92 Å². The molecule has 0 unspecified atom stereocenters. The Balaban J connectivity index is 1.44. The molecule has 4 N–H and O–H groups in total. The number of anilines is 2. The maximum absolute atomic E-state index is 12.9. The quantitative estimate of drug-likeness (QED) is 0.291. The van der Waals surface area contributed by atoms with Crippen LogP contribution >= 0.6 is 0 Å². The van der Waals surface area contributed by atoms with E-state index in [1.54, 1.807) is 31.2 Å². The molecule has 5 rings (SSSR count). The average molecular weight is 548 g/mol. The standard InChI is InChI=1S/C28H33N7O3S/c1-4-18-13-19(14-20-15-31-28(34-25(18)20)32-22-11-9-21(29)10-12-22)26-27(38-3)33-24(16-30-26)35-39(36,37)23-8-6-5-7-17(23)2/h5-8,13-16,21-22H,4,9-12,29H2,1-3H3,(H,33,35)(H,31,32,34)/t21-,22-. The van der Waals surface area contributed by atoms with Crippen LogP contribution in [0.1, 0.15) is 43.7 Å². The Morgan fingerprint density at radius 2 is 1.82 bits per heavy atom. The number of aryl methyl sites for hydroxylation is 2. The van der Waals surface area contributed by atoms with Gasteiger partial charge in [-0.05, 0) is 68.4 Å². The largest absolute Gasteiger partial charge is 0.479 e. The number of ether oxygens (including phenoxy) is 1. The first kappa shape index (κ1) is 26.8. The molecular formula is C28H33N7O3S. The van der Waals surface area contributed by atoms with Crippen LogP contribution in [0.3, 0.4) is 0 Å². The zero-order valence-corrected chi connectivity index (χ0v) is 23.1. The molecule has 1 aliphatic rings. The molecule has 4 aromatic rings. The number of hydrogen-bond donors (Lipinski definition) is 3. The van der Waals surface area contributed by atoms with Gasteiger partial charge < -0.3 is 15.8 Å². The van der Waals surface area contributed by atoms with Crippen LogP contribution in [-0.2, 0) is 16.4 Å². The number of hydrogen-bond acceptors (Lipinski definition) is 9. The molecule has 11 heteroatoms. The SMILES string of the molecule is CCc1cc(-c2ncc(NS(=O)(=O)c3ccccc3C)nc2OC)cc2cnc(N[C@H]3CC[C@H](N)CC3)nc12. The second kappa shape index (κ2) is 11.1. The molecule has 2 aromatic heterocycles. The van der Waals surface area contributed by atoms with Crippen molar-refractivity contribution in [2.24, 2.45) is 5.73 Å². The van der Waals surface area contributed by atoms with Crippen LogP contribution in [0.15, 0.2) is 53.7 Å². The van der Waals surface area contributed by atoms with Gasteiger partial charge in [0.2, 0.25) is 11.8 Å². The Morgan fingerprint density at radius 3 is 2.54 bits per heavy atom. The fourth-order valence-corrected chi connectivity index (χ4v) is 6.19. The van der Waals surface area contributed by atoms with Gasteiger partial charge in [0.05, 0.1) is 23.7 Å². The van der Waals surface area contributed by atoms with Crippen molar-refractivity contribution in [3.63, 3.8) is 0 Å². The molecule has 0 spiro atoms. The van der Waals surface area contributed by atoms with Crippen LogP contribution in [0.5, 0.6) is 5.88 Å². The maximum atomic E-state index is 12.9. The number of aromatic nitrogens is 4. The minimum Gasteiger partial charge on any atom is -0.479 e. The molecule has 0 aliphatic heterocycles. The van der Waals surface area contributed by atoms with Gasteiger partial charge in [0.25, 0.3) is 10.0 Å². The van der Waals surface area contributed by atoms with Gasteiger partial charge >= 0.3 is 0 Å². The number of sulfonamides is 1. The first-order valence-electron chi connectivity index (χ1n) is 13.1. The van der Waals surface area contributed by atoms with E-state index in [1.165, 1.54) is 13.3 Å². The second-order valence-corrected chi connectivity index (χ2v) is 11.5. The lowest BCUT2D eigenvalue weighted by Crippen LogP contribution is -2.33. The first-order valence-corrected chi connectivity index (χ1v) is 14.6. The number of methoxy groups -OCH3 is 1. The van der Waals surface area contributed by atoms with Gasteiger partial charge in [-0.25, -0.2) is 23.4 Å². The van der Waals surface area contributed by atoms with Gasteiger partial charge in [0.15, 0.2) is 5.82 Å². The highest BCUT2D eigenvalue weighted by molar-refractivity contribution is 7.92. The summed E-state index contributed by atoms with van der Waals surface area (Å²) in [6, 6.07) is 11.3. The third-order valence-corrected chi connectivity index (χ3v) is 8.59. The Bertz CT molecular complexity index is 1600. The number of rotatable bonds is 8. The summed E-state index contributed by atoms with van der Waals surface area (Å²) in [5.41, 5.74) is 9.86. The van der Waals surface area contributed by atoms with Crippen molar-refractivity contribution in [3.8, 4) is 17.1 Å². The third-order valence-electron chi connectivity index (χ3n) is 7.08. The first-order chi connectivity index (χ1) is 18.8. The number of nitrogens with two attached hydrogens (primary N) is 1. The minimum absolute atomic E-state index is 0.0677. The molecule has 0 saturated heterocycles. The van der Waals surface area contributed by atoms with Gasteiger partial charge in [-0.1, -0.05) is 25.1 Å². The van der Waals surface area contributed by atoms with Crippen molar-refractivity contribution in [2.75, 3.05) is 17.1 Å². The number of nitrogens with zero attached hydrogens (tertiary/aromatic N) is 4. The fraction of sp³-hybridized carbons (Fsp3) is 0.357. The average Bonchev–Trinajstić information content (AvgIpc) is 2.93. The topological polar surface area (TPSA) is 145 Å². The van der Waals surface area contributed by atoms with E-state index in [9.17, 15) is 8.42 Å². The summed E-state index contributed by atoms with van der Waals surface area (Å²) in [6.45, 7) is 3.81. The molecule has 0 amide bonds. The summed E-state index contributed by atoms with van der Waals surface area (Å²) in [4.78, 5) is 18.5. The molecule has 39 heavy (non-hydrogen) atoms. The van der Waals surface area contributed by atoms with Crippen molar-refractivity contribution < 1.29 is 13.2 Å². The maximum Gasteiger partial charge on any atom is 0.263 e. The highest BCUT2D eigenvalue weighted by atomic mass is 32.2. The van der Waals surface area contributed by atoms with Gasteiger partial charge in [-0.3, -0.25) is 4.72 Å². The van der Waals surface area contributed by atoms with Crippen molar-refractivity contribution in [3.05, 3.63) is 59.9 Å². The van der Waals surface area contributed by atoms with Gasteiger partial charge in [-0.15, -0.1) is 0 Å². The number of benzene rings is 2. The smallest absolute Gasteiger partial charge is 0.263 e. The van der Waals surface area contributed by atoms with Crippen LogP contribution < -0.4 is 20.5 Å². The zero-order valence-electron chi connectivity index (χ0n) is 22.3.